The fraction of sp³-hybridized carbons (Fsp3) is 0.500. The highest BCUT2D eigenvalue weighted by atomic mass is 79.9. The normalized spacial score (nSPS) is 12.2. The van der Waals surface area contributed by atoms with Crippen LogP contribution in [0.5, 0.6) is 0 Å². The zero-order valence-corrected chi connectivity index (χ0v) is 13.1. The summed E-state index contributed by atoms with van der Waals surface area (Å²) in [6.07, 6.45) is 1.02. The highest BCUT2D eigenvalue weighted by Crippen LogP contribution is 2.26. The molecule has 0 amide bonds. The first kappa shape index (κ1) is 16.0. The van der Waals surface area contributed by atoms with Crippen LogP contribution < -0.4 is 4.90 Å². The Labute approximate surface area is 122 Å². The van der Waals surface area contributed by atoms with Crippen molar-refractivity contribution < 1.29 is 14.6 Å². The standard InChI is InChI=1S/C14H20BrNO3/c1-4-10(2)16(7-8-19-3)11-5-6-12(14(17)18)13(15)9-11/h5-6,9-10H,4,7-8H2,1-3H3,(H,17,18). The largest absolute Gasteiger partial charge is 0.478 e. The van der Waals surface area contributed by atoms with Gasteiger partial charge in [-0.2, -0.15) is 0 Å². The highest BCUT2D eigenvalue weighted by molar-refractivity contribution is 9.10. The van der Waals surface area contributed by atoms with Crippen molar-refractivity contribution in [1.29, 1.82) is 0 Å². The molecule has 1 N–H and O–H groups in total. The predicted octanol–water partition coefficient (Wildman–Crippen LogP) is 3.40. The molecule has 1 rings (SSSR count). The van der Waals surface area contributed by atoms with Gasteiger partial charge in [0, 0.05) is 29.9 Å². The number of carboxylic acids is 1. The molecule has 0 heterocycles. The van der Waals surface area contributed by atoms with E-state index in [-0.39, 0.29) is 5.56 Å². The van der Waals surface area contributed by atoms with Crippen molar-refractivity contribution in [2.24, 2.45) is 0 Å². The fourth-order valence-corrected chi connectivity index (χ4v) is 2.41. The summed E-state index contributed by atoms with van der Waals surface area (Å²) in [6, 6.07) is 5.70. The monoisotopic (exact) mass is 329 g/mol. The summed E-state index contributed by atoms with van der Waals surface area (Å²) in [5, 5.41) is 9.03. The van der Waals surface area contributed by atoms with E-state index in [4.69, 9.17) is 9.84 Å². The minimum Gasteiger partial charge on any atom is -0.478 e. The lowest BCUT2D eigenvalue weighted by Gasteiger charge is -2.31. The maximum Gasteiger partial charge on any atom is 0.336 e. The molecular formula is C14H20BrNO3. The van der Waals surface area contributed by atoms with E-state index in [1.54, 1.807) is 13.2 Å². The highest BCUT2D eigenvalue weighted by Gasteiger charge is 2.15. The summed E-state index contributed by atoms with van der Waals surface area (Å²) in [4.78, 5) is 13.2. The number of ether oxygens (including phenoxy) is 1. The number of nitrogens with zero attached hydrogens (tertiary/aromatic N) is 1. The Bertz CT molecular complexity index is 437. The van der Waals surface area contributed by atoms with Gasteiger partial charge in [0.2, 0.25) is 0 Å². The van der Waals surface area contributed by atoms with Crippen LogP contribution in [-0.2, 0) is 4.74 Å². The van der Waals surface area contributed by atoms with Crippen molar-refractivity contribution in [3.8, 4) is 0 Å². The van der Waals surface area contributed by atoms with Crippen LogP contribution in [-0.4, -0.2) is 37.4 Å². The Hall–Kier alpha value is -1.07. The number of anilines is 1. The summed E-state index contributed by atoms with van der Waals surface area (Å²) >= 11 is 3.32. The van der Waals surface area contributed by atoms with Crippen molar-refractivity contribution in [3.63, 3.8) is 0 Å². The van der Waals surface area contributed by atoms with E-state index in [9.17, 15) is 4.79 Å². The van der Waals surface area contributed by atoms with Gasteiger partial charge in [0.15, 0.2) is 0 Å². The lowest BCUT2D eigenvalue weighted by atomic mass is 10.1. The van der Waals surface area contributed by atoms with E-state index in [2.05, 4.69) is 34.7 Å². The van der Waals surface area contributed by atoms with E-state index >= 15 is 0 Å². The van der Waals surface area contributed by atoms with Crippen LogP contribution in [0.15, 0.2) is 22.7 Å². The average molecular weight is 330 g/mol. The topological polar surface area (TPSA) is 49.8 Å². The smallest absolute Gasteiger partial charge is 0.336 e. The van der Waals surface area contributed by atoms with E-state index < -0.39 is 5.97 Å². The SMILES string of the molecule is CCC(C)N(CCOC)c1ccc(C(=O)O)c(Br)c1. The predicted molar refractivity (Wildman–Crippen MR) is 80.1 cm³/mol. The number of carboxylic acid groups (broad SMARTS) is 1. The van der Waals surface area contributed by atoms with Crippen LogP contribution in [0.25, 0.3) is 0 Å². The molecule has 1 aromatic carbocycles. The quantitative estimate of drug-likeness (QED) is 0.832. The van der Waals surface area contributed by atoms with Crippen LogP contribution in [0, 0.1) is 0 Å². The summed E-state index contributed by atoms with van der Waals surface area (Å²) in [7, 11) is 1.68. The summed E-state index contributed by atoms with van der Waals surface area (Å²) in [5.74, 6) is -0.926. The molecule has 0 spiro atoms. The molecule has 106 valence electrons. The molecular weight excluding hydrogens is 310 g/mol. The Kier molecular flexibility index (Phi) is 6.31. The van der Waals surface area contributed by atoms with Gasteiger partial charge >= 0.3 is 5.97 Å². The number of benzene rings is 1. The second-order valence-electron chi connectivity index (χ2n) is 4.41. The third-order valence-corrected chi connectivity index (χ3v) is 3.83. The second-order valence-corrected chi connectivity index (χ2v) is 5.27. The molecule has 0 aliphatic heterocycles. The Balaban J connectivity index is 3.02. The van der Waals surface area contributed by atoms with Gasteiger partial charge < -0.3 is 14.7 Å². The van der Waals surface area contributed by atoms with Crippen molar-refractivity contribution in [2.45, 2.75) is 26.3 Å². The first-order valence-corrected chi connectivity index (χ1v) is 7.09. The van der Waals surface area contributed by atoms with Gasteiger partial charge in [-0.3, -0.25) is 0 Å². The molecule has 1 aromatic rings. The molecule has 0 fully saturated rings. The molecule has 0 saturated heterocycles. The lowest BCUT2D eigenvalue weighted by molar-refractivity contribution is 0.0696. The Morgan fingerprint density at radius 2 is 2.21 bits per heavy atom. The number of rotatable bonds is 7. The van der Waals surface area contributed by atoms with Gasteiger partial charge in [-0.1, -0.05) is 6.92 Å². The maximum absolute atomic E-state index is 11.0. The number of halogens is 1. The van der Waals surface area contributed by atoms with Crippen LogP contribution in [0.4, 0.5) is 5.69 Å². The van der Waals surface area contributed by atoms with E-state index in [0.717, 1.165) is 18.7 Å². The first-order valence-electron chi connectivity index (χ1n) is 6.29. The molecule has 1 atom stereocenters. The van der Waals surface area contributed by atoms with Crippen LogP contribution in [0.3, 0.4) is 0 Å². The van der Waals surface area contributed by atoms with Crippen molar-refractivity contribution >= 4 is 27.6 Å². The molecule has 4 nitrogen and oxygen atoms in total. The molecule has 0 aliphatic carbocycles. The second kappa shape index (κ2) is 7.50. The minimum atomic E-state index is -0.926. The van der Waals surface area contributed by atoms with Gasteiger partial charge in [0.25, 0.3) is 0 Å². The zero-order chi connectivity index (χ0) is 14.4. The zero-order valence-electron chi connectivity index (χ0n) is 11.5. The van der Waals surface area contributed by atoms with Crippen molar-refractivity contribution in [3.05, 3.63) is 28.2 Å². The molecule has 0 aliphatic rings. The molecule has 0 saturated carbocycles. The number of hydrogen-bond donors (Lipinski definition) is 1. The summed E-state index contributed by atoms with van der Waals surface area (Å²) < 4.78 is 5.73. The number of hydrogen-bond acceptors (Lipinski definition) is 3. The molecule has 1 unspecified atom stereocenters. The minimum absolute atomic E-state index is 0.277. The third kappa shape index (κ3) is 4.21. The molecule has 5 heteroatoms. The van der Waals surface area contributed by atoms with Crippen molar-refractivity contribution in [2.75, 3.05) is 25.2 Å². The number of methoxy groups -OCH3 is 1. The van der Waals surface area contributed by atoms with Gasteiger partial charge in [-0.25, -0.2) is 4.79 Å². The fourth-order valence-electron chi connectivity index (χ4n) is 1.87. The molecule has 0 aromatic heterocycles. The van der Waals surface area contributed by atoms with Crippen LogP contribution in [0.1, 0.15) is 30.6 Å². The van der Waals surface area contributed by atoms with Crippen molar-refractivity contribution in [1.82, 2.24) is 0 Å². The summed E-state index contributed by atoms with van der Waals surface area (Å²) in [5.41, 5.74) is 1.28. The van der Waals surface area contributed by atoms with Gasteiger partial charge in [0.05, 0.1) is 12.2 Å². The van der Waals surface area contributed by atoms with Crippen LogP contribution >= 0.6 is 15.9 Å². The molecule has 0 radical (unpaired) electrons. The van der Waals surface area contributed by atoms with Gasteiger partial charge in [-0.15, -0.1) is 0 Å². The van der Waals surface area contributed by atoms with E-state index in [0.29, 0.717) is 17.1 Å². The Morgan fingerprint density at radius 1 is 1.53 bits per heavy atom. The van der Waals surface area contributed by atoms with Crippen LogP contribution in [0.2, 0.25) is 0 Å². The van der Waals surface area contributed by atoms with E-state index in [1.807, 2.05) is 12.1 Å². The third-order valence-electron chi connectivity index (χ3n) is 3.17. The van der Waals surface area contributed by atoms with E-state index in [1.165, 1.54) is 0 Å². The average Bonchev–Trinajstić information content (AvgIpc) is 2.38. The number of carbonyl (C=O) groups is 1. The molecule has 19 heavy (non-hydrogen) atoms. The van der Waals surface area contributed by atoms with Gasteiger partial charge in [0.1, 0.15) is 0 Å². The number of aromatic carboxylic acids is 1. The molecule has 0 bridgehead atoms. The van der Waals surface area contributed by atoms with Gasteiger partial charge in [-0.05, 0) is 47.5 Å². The first-order chi connectivity index (χ1) is 9.01. The summed E-state index contributed by atoms with van der Waals surface area (Å²) in [6.45, 7) is 5.70. The lowest BCUT2D eigenvalue weighted by Crippen LogP contribution is -2.35. The Morgan fingerprint density at radius 3 is 2.68 bits per heavy atom. The maximum atomic E-state index is 11.0.